The summed E-state index contributed by atoms with van der Waals surface area (Å²) >= 11 is 0. The SMILES string of the molecule is CC(COCCCO)NC(=O)OC(C)(C)C. The van der Waals surface area contributed by atoms with E-state index in [1.54, 1.807) is 0 Å². The van der Waals surface area contributed by atoms with E-state index in [1.165, 1.54) is 0 Å². The smallest absolute Gasteiger partial charge is 0.407 e. The summed E-state index contributed by atoms with van der Waals surface area (Å²) in [7, 11) is 0. The number of ether oxygens (including phenoxy) is 2. The molecule has 16 heavy (non-hydrogen) atoms. The van der Waals surface area contributed by atoms with Crippen LogP contribution in [0, 0.1) is 0 Å². The Hall–Kier alpha value is -0.810. The van der Waals surface area contributed by atoms with Crippen LogP contribution in [0.15, 0.2) is 0 Å². The summed E-state index contributed by atoms with van der Waals surface area (Å²) < 4.78 is 10.3. The first-order valence-corrected chi connectivity index (χ1v) is 5.53. The zero-order valence-corrected chi connectivity index (χ0v) is 10.6. The summed E-state index contributed by atoms with van der Waals surface area (Å²) in [5.74, 6) is 0. The van der Waals surface area contributed by atoms with E-state index in [-0.39, 0.29) is 12.6 Å². The Labute approximate surface area is 97.1 Å². The number of carbonyl (C=O) groups is 1. The Morgan fingerprint density at radius 3 is 2.56 bits per heavy atom. The summed E-state index contributed by atoms with van der Waals surface area (Å²) in [6.07, 6.45) is 0.171. The molecular weight excluding hydrogens is 210 g/mol. The van der Waals surface area contributed by atoms with Gasteiger partial charge in [-0.3, -0.25) is 0 Å². The zero-order valence-electron chi connectivity index (χ0n) is 10.6. The van der Waals surface area contributed by atoms with Gasteiger partial charge in [-0.2, -0.15) is 0 Å². The molecule has 1 unspecified atom stereocenters. The number of aliphatic hydroxyl groups is 1. The summed E-state index contributed by atoms with van der Waals surface area (Å²) in [6, 6.07) is -0.103. The van der Waals surface area contributed by atoms with Crippen molar-refractivity contribution < 1.29 is 19.4 Å². The maximum absolute atomic E-state index is 11.3. The van der Waals surface area contributed by atoms with Gasteiger partial charge in [-0.1, -0.05) is 0 Å². The number of amides is 1. The van der Waals surface area contributed by atoms with E-state index in [1.807, 2.05) is 27.7 Å². The highest BCUT2D eigenvalue weighted by Gasteiger charge is 2.17. The number of aliphatic hydroxyl groups excluding tert-OH is 1. The molecule has 0 aromatic rings. The summed E-state index contributed by atoms with van der Waals surface area (Å²) in [5, 5.41) is 11.2. The van der Waals surface area contributed by atoms with E-state index in [0.717, 1.165) is 0 Å². The van der Waals surface area contributed by atoms with Gasteiger partial charge in [0.1, 0.15) is 5.60 Å². The molecule has 0 aliphatic rings. The van der Waals surface area contributed by atoms with Crippen LogP contribution in [-0.2, 0) is 9.47 Å². The fourth-order valence-corrected chi connectivity index (χ4v) is 0.977. The second-order valence-corrected chi connectivity index (χ2v) is 4.70. The molecular formula is C11H23NO4. The Morgan fingerprint density at radius 2 is 2.06 bits per heavy atom. The molecule has 0 aliphatic carbocycles. The third-order valence-electron chi connectivity index (χ3n) is 1.58. The van der Waals surface area contributed by atoms with Gasteiger partial charge in [-0.15, -0.1) is 0 Å². The lowest BCUT2D eigenvalue weighted by Crippen LogP contribution is -2.39. The molecule has 5 heteroatoms. The number of nitrogens with one attached hydrogen (secondary N) is 1. The number of alkyl carbamates (subject to hydrolysis) is 1. The largest absolute Gasteiger partial charge is 0.444 e. The predicted octanol–water partition coefficient (Wildman–Crippen LogP) is 1.30. The molecule has 0 aromatic heterocycles. The van der Waals surface area contributed by atoms with Gasteiger partial charge in [-0.05, 0) is 34.1 Å². The molecule has 0 aromatic carbocycles. The molecule has 0 bridgehead atoms. The summed E-state index contributed by atoms with van der Waals surface area (Å²) in [6.45, 7) is 8.31. The van der Waals surface area contributed by atoms with Gasteiger partial charge in [0.25, 0.3) is 0 Å². The number of rotatable bonds is 6. The highest BCUT2D eigenvalue weighted by molar-refractivity contribution is 5.68. The molecule has 0 heterocycles. The molecule has 0 rings (SSSR count). The van der Waals surface area contributed by atoms with Gasteiger partial charge >= 0.3 is 6.09 Å². The van der Waals surface area contributed by atoms with Gasteiger partial charge in [0.05, 0.1) is 12.6 Å². The van der Waals surface area contributed by atoms with E-state index in [9.17, 15) is 4.79 Å². The van der Waals surface area contributed by atoms with Crippen LogP contribution < -0.4 is 5.32 Å². The Bertz CT molecular complexity index is 201. The molecule has 0 saturated carbocycles. The highest BCUT2D eigenvalue weighted by atomic mass is 16.6. The second-order valence-electron chi connectivity index (χ2n) is 4.70. The number of hydrogen-bond donors (Lipinski definition) is 2. The van der Waals surface area contributed by atoms with Crippen molar-refractivity contribution in [3.8, 4) is 0 Å². The van der Waals surface area contributed by atoms with Crippen molar-refractivity contribution >= 4 is 6.09 Å². The van der Waals surface area contributed by atoms with Gasteiger partial charge in [0.15, 0.2) is 0 Å². The predicted molar refractivity (Wildman–Crippen MR) is 61.4 cm³/mol. The van der Waals surface area contributed by atoms with E-state index in [4.69, 9.17) is 14.6 Å². The maximum Gasteiger partial charge on any atom is 0.407 e. The van der Waals surface area contributed by atoms with E-state index >= 15 is 0 Å². The average molecular weight is 233 g/mol. The first-order chi connectivity index (χ1) is 7.35. The molecule has 0 aliphatic heterocycles. The Morgan fingerprint density at radius 1 is 1.44 bits per heavy atom. The average Bonchev–Trinajstić information content (AvgIpc) is 2.09. The molecule has 2 N–H and O–H groups in total. The normalized spacial score (nSPS) is 13.3. The van der Waals surface area contributed by atoms with Gasteiger partial charge in [0, 0.05) is 13.2 Å². The Balaban J connectivity index is 3.62. The van der Waals surface area contributed by atoms with Crippen LogP contribution in [0.5, 0.6) is 0 Å². The van der Waals surface area contributed by atoms with Crippen LogP contribution in [0.1, 0.15) is 34.1 Å². The molecule has 1 atom stereocenters. The van der Waals surface area contributed by atoms with E-state index < -0.39 is 11.7 Å². The number of carbonyl (C=O) groups excluding carboxylic acids is 1. The lowest BCUT2D eigenvalue weighted by atomic mass is 10.2. The van der Waals surface area contributed by atoms with Crippen molar-refractivity contribution in [2.45, 2.75) is 45.8 Å². The lowest BCUT2D eigenvalue weighted by molar-refractivity contribution is 0.0444. The first kappa shape index (κ1) is 15.2. The van der Waals surface area contributed by atoms with Crippen molar-refractivity contribution in [3.05, 3.63) is 0 Å². The lowest BCUT2D eigenvalue weighted by Gasteiger charge is -2.21. The second kappa shape index (κ2) is 7.46. The highest BCUT2D eigenvalue weighted by Crippen LogP contribution is 2.06. The van der Waals surface area contributed by atoms with E-state index in [0.29, 0.717) is 19.6 Å². The molecule has 96 valence electrons. The van der Waals surface area contributed by atoms with Crippen LogP contribution >= 0.6 is 0 Å². The van der Waals surface area contributed by atoms with Gasteiger partial charge < -0.3 is 19.9 Å². The first-order valence-electron chi connectivity index (χ1n) is 5.53. The molecule has 0 fully saturated rings. The number of hydrogen-bond acceptors (Lipinski definition) is 4. The Kier molecular flexibility index (Phi) is 7.08. The van der Waals surface area contributed by atoms with Crippen LogP contribution in [0.2, 0.25) is 0 Å². The van der Waals surface area contributed by atoms with E-state index in [2.05, 4.69) is 5.32 Å². The molecule has 0 radical (unpaired) electrons. The maximum atomic E-state index is 11.3. The molecule has 0 saturated heterocycles. The van der Waals surface area contributed by atoms with Gasteiger partial charge in [0.2, 0.25) is 0 Å². The van der Waals surface area contributed by atoms with Crippen molar-refractivity contribution in [1.82, 2.24) is 5.32 Å². The minimum absolute atomic E-state index is 0.103. The van der Waals surface area contributed by atoms with Gasteiger partial charge in [-0.25, -0.2) is 4.79 Å². The standard InChI is InChI=1S/C11H23NO4/c1-9(8-15-7-5-6-13)12-10(14)16-11(2,3)4/h9,13H,5-8H2,1-4H3,(H,12,14). The minimum atomic E-state index is -0.485. The third-order valence-corrected chi connectivity index (χ3v) is 1.58. The minimum Gasteiger partial charge on any atom is -0.444 e. The van der Waals surface area contributed by atoms with Crippen molar-refractivity contribution in [1.29, 1.82) is 0 Å². The topological polar surface area (TPSA) is 67.8 Å². The fraction of sp³-hybridized carbons (Fsp3) is 0.909. The summed E-state index contributed by atoms with van der Waals surface area (Å²) in [4.78, 5) is 11.3. The van der Waals surface area contributed by atoms with Crippen LogP contribution in [-0.4, -0.2) is 42.7 Å². The zero-order chi connectivity index (χ0) is 12.6. The van der Waals surface area contributed by atoms with Crippen LogP contribution in [0.4, 0.5) is 4.79 Å². The van der Waals surface area contributed by atoms with Crippen molar-refractivity contribution in [2.24, 2.45) is 0 Å². The fourth-order valence-electron chi connectivity index (χ4n) is 0.977. The molecule has 0 spiro atoms. The quantitative estimate of drug-likeness (QED) is 0.678. The monoisotopic (exact) mass is 233 g/mol. The molecule has 5 nitrogen and oxygen atoms in total. The van der Waals surface area contributed by atoms with Crippen molar-refractivity contribution in [3.63, 3.8) is 0 Å². The summed E-state index contributed by atoms with van der Waals surface area (Å²) in [5.41, 5.74) is -0.485. The van der Waals surface area contributed by atoms with Crippen molar-refractivity contribution in [2.75, 3.05) is 19.8 Å². The molecule has 1 amide bonds. The van der Waals surface area contributed by atoms with Crippen LogP contribution in [0.25, 0.3) is 0 Å². The third kappa shape index (κ3) is 9.73. The van der Waals surface area contributed by atoms with Crippen LogP contribution in [0.3, 0.4) is 0 Å².